The highest BCUT2D eigenvalue weighted by Crippen LogP contribution is 2.39. The molecule has 3 aromatic heterocycles. The molecule has 3 heterocycles. The summed E-state index contributed by atoms with van der Waals surface area (Å²) in [4.78, 5) is 17.6. The van der Waals surface area contributed by atoms with Crippen molar-refractivity contribution in [1.82, 2.24) is 19.2 Å². The van der Waals surface area contributed by atoms with Gasteiger partial charge in [-0.1, -0.05) is 31.5 Å². The zero-order valence-corrected chi connectivity index (χ0v) is 18.7. The lowest BCUT2D eigenvalue weighted by Gasteiger charge is -2.28. The van der Waals surface area contributed by atoms with Crippen LogP contribution >= 0.6 is 0 Å². The Kier molecular flexibility index (Phi) is 5.29. The number of anilines is 1. The average Bonchev–Trinajstić information content (AvgIpc) is 3.47. The zero-order valence-electron chi connectivity index (χ0n) is 18.7. The minimum absolute atomic E-state index is 0.0446. The molecule has 1 saturated carbocycles. The topological polar surface area (TPSA) is 78.2 Å². The molecule has 1 aliphatic rings. The number of rotatable bonds is 5. The Bertz CT molecular complexity index is 1260. The number of carbonyl (C=O) groups excluding carboxylic acids is 1. The SMILES string of the molecule is CC[C@H]1CC[C@H](c2nc3c(-c4ccn(-c5ccccc5)c4)cnn3c(N)c2C(C)=O)CC1. The normalized spacial score (nSPS) is 18.8. The van der Waals surface area contributed by atoms with Crippen molar-refractivity contribution in [2.24, 2.45) is 5.92 Å². The predicted molar refractivity (Wildman–Crippen MR) is 127 cm³/mol. The van der Waals surface area contributed by atoms with E-state index in [0.717, 1.165) is 41.3 Å². The first-order valence-corrected chi connectivity index (χ1v) is 11.5. The molecule has 0 saturated heterocycles. The molecule has 0 radical (unpaired) electrons. The average molecular weight is 428 g/mol. The molecule has 0 spiro atoms. The Morgan fingerprint density at radius 1 is 1.12 bits per heavy atom. The van der Waals surface area contributed by atoms with Gasteiger partial charge in [0.1, 0.15) is 5.82 Å². The van der Waals surface area contributed by atoms with Crippen molar-refractivity contribution in [3.8, 4) is 16.8 Å². The van der Waals surface area contributed by atoms with Crippen LogP contribution in [-0.2, 0) is 0 Å². The summed E-state index contributed by atoms with van der Waals surface area (Å²) in [5.74, 6) is 1.39. The van der Waals surface area contributed by atoms with Crippen LogP contribution in [-0.4, -0.2) is 24.9 Å². The summed E-state index contributed by atoms with van der Waals surface area (Å²) in [5.41, 5.74) is 11.6. The fourth-order valence-corrected chi connectivity index (χ4v) is 5.05. The molecular weight excluding hydrogens is 398 g/mol. The second-order valence-corrected chi connectivity index (χ2v) is 8.88. The molecule has 1 aliphatic carbocycles. The third kappa shape index (κ3) is 3.49. The Labute approximate surface area is 188 Å². The number of benzene rings is 1. The van der Waals surface area contributed by atoms with E-state index < -0.39 is 0 Å². The summed E-state index contributed by atoms with van der Waals surface area (Å²) in [5, 5.41) is 4.50. The molecule has 0 amide bonds. The van der Waals surface area contributed by atoms with E-state index in [9.17, 15) is 4.79 Å². The number of fused-ring (bicyclic) bond motifs is 1. The Morgan fingerprint density at radius 3 is 2.56 bits per heavy atom. The van der Waals surface area contributed by atoms with Crippen molar-refractivity contribution >= 4 is 17.2 Å². The lowest BCUT2D eigenvalue weighted by Crippen LogP contribution is -2.19. The summed E-state index contributed by atoms with van der Waals surface area (Å²) >= 11 is 0. The van der Waals surface area contributed by atoms with Gasteiger partial charge in [0.2, 0.25) is 0 Å². The predicted octanol–water partition coefficient (Wildman–Crippen LogP) is 5.66. The molecule has 0 bridgehead atoms. The van der Waals surface area contributed by atoms with Crippen molar-refractivity contribution in [1.29, 1.82) is 0 Å². The lowest BCUT2D eigenvalue weighted by atomic mass is 9.78. The maximum atomic E-state index is 12.6. The number of nitrogen functional groups attached to an aromatic ring is 1. The summed E-state index contributed by atoms with van der Waals surface area (Å²) in [6.07, 6.45) is 11.6. The Balaban J connectivity index is 1.60. The van der Waals surface area contributed by atoms with Crippen molar-refractivity contribution in [2.45, 2.75) is 51.9 Å². The van der Waals surface area contributed by atoms with Gasteiger partial charge in [0.05, 0.1) is 17.5 Å². The minimum atomic E-state index is -0.0446. The van der Waals surface area contributed by atoms with Crippen LogP contribution in [0.4, 0.5) is 5.82 Å². The molecule has 2 N–H and O–H groups in total. The molecule has 6 nitrogen and oxygen atoms in total. The van der Waals surface area contributed by atoms with Crippen LogP contribution in [0, 0.1) is 5.92 Å². The number of nitrogens with two attached hydrogens (primary N) is 1. The summed E-state index contributed by atoms with van der Waals surface area (Å²) in [6, 6.07) is 12.3. The van der Waals surface area contributed by atoms with Gasteiger partial charge in [-0.3, -0.25) is 4.79 Å². The van der Waals surface area contributed by atoms with E-state index in [1.165, 1.54) is 19.3 Å². The standard InChI is InChI=1S/C26H29N5O/c1-3-18-9-11-19(12-10-18)24-23(17(2)32)25(27)31-26(29-24)22(15-28-31)20-13-14-30(16-20)21-7-5-4-6-8-21/h4-8,13-16,18-19H,3,9-12,27H2,1-2H3/t18-,19-. The van der Waals surface area contributed by atoms with E-state index in [0.29, 0.717) is 17.0 Å². The first-order valence-electron chi connectivity index (χ1n) is 11.5. The molecule has 6 heteroatoms. The van der Waals surface area contributed by atoms with Crippen molar-refractivity contribution < 1.29 is 4.79 Å². The van der Waals surface area contributed by atoms with Gasteiger partial charge in [-0.25, -0.2) is 4.98 Å². The molecule has 0 aliphatic heterocycles. The summed E-state index contributed by atoms with van der Waals surface area (Å²) in [6.45, 7) is 3.83. The molecular formula is C26H29N5O. The first-order chi connectivity index (χ1) is 15.6. The van der Waals surface area contributed by atoms with Gasteiger partial charge in [0, 0.05) is 35.1 Å². The van der Waals surface area contributed by atoms with Gasteiger partial charge in [-0.15, -0.1) is 0 Å². The van der Waals surface area contributed by atoms with Crippen LogP contribution in [0.25, 0.3) is 22.5 Å². The van der Waals surface area contributed by atoms with Gasteiger partial charge in [0.25, 0.3) is 0 Å². The van der Waals surface area contributed by atoms with Crippen LogP contribution in [0.2, 0.25) is 0 Å². The minimum Gasteiger partial charge on any atom is -0.383 e. The van der Waals surface area contributed by atoms with E-state index in [2.05, 4.69) is 41.0 Å². The quantitative estimate of drug-likeness (QED) is 0.417. The van der Waals surface area contributed by atoms with Crippen LogP contribution in [0.5, 0.6) is 0 Å². The number of nitrogens with zero attached hydrogens (tertiary/aromatic N) is 4. The molecule has 4 aromatic rings. The number of carbonyl (C=O) groups is 1. The fourth-order valence-electron chi connectivity index (χ4n) is 5.05. The number of aromatic nitrogens is 4. The van der Waals surface area contributed by atoms with Gasteiger partial charge in [-0.2, -0.15) is 9.61 Å². The van der Waals surface area contributed by atoms with Crippen LogP contribution < -0.4 is 5.73 Å². The van der Waals surface area contributed by atoms with Crippen LogP contribution in [0.15, 0.2) is 55.0 Å². The second-order valence-electron chi connectivity index (χ2n) is 8.88. The van der Waals surface area contributed by atoms with Gasteiger partial charge in [-0.05, 0) is 56.7 Å². The number of Topliss-reactive ketones (excluding diaryl/α,β-unsaturated/α-hetero) is 1. The van der Waals surface area contributed by atoms with Gasteiger partial charge >= 0.3 is 0 Å². The van der Waals surface area contributed by atoms with Gasteiger partial charge in [0.15, 0.2) is 11.4 Å². The highest BCUT2D eigenvalue weighted by Gasteiger charge is 2.29. The number of ketones is 1. The molecule has 32 heavy (non-hydrogen) atoms. The molecule has 0 unspecified atom stereocenters. The van der Waals surface area contributed by atoms with E-state index in [4.69, 9.17) is 10.7 Å². The smallest absolute Gasteiger partial charge is 0.165 e. The van der Waals surface area contributed by atoms with E-state index in [1.807, 2.05) is 24.4 Å². The van der Waals surface area contributed by atoms with Crippen molar-refractivity contribution in [3.63, 3.8) is 0 Å². The Hall–Kier alpha value is -3.41. The molecule has 164 valence electrons. The highest BCUT2D eigenvalue weighted by atomic mass is 16.1. The summed E-state index contributed by atoms with van der Waals surface area (Å²) < 4.78 is 3.70. The van der Waals surface area contributed by atoms with E-state index in [-0.39, 0.29) is 11.7 Å². The number of hydrogen-bond donors (Lipinski definition) is 1. The first kappa shape index (κ1) is 20.5. The maximum Gasteiger partial charge on any atom is 0.165 e. The summed E-state index contributed by atoms with van der Waals surface area (Å²) in [7, 11) is 0. The monoisotopic (exact) mass is 427 g/mol. The van der Waals surface area contributed by atoms with E-state index >= 15 is 0 Å². The number of hydrogen-bond acceptors (Lipinski definition) is 4. The lowest BCUT2D eigenvalue weighted by molar-refractivity contribution is 0.101. The molecule has 1 aromatic carbocycles. The maximum absolute atomic E-state index is 12.6. The fraction of sp³-hybridized carbons (Fsp3) is 0.346. The second kappa shape index (κ2) is 8.26. The van der Waals surface area contributed by atoms with Crippen molar-refractivity contribution in [2.75, 3.05) is 5.73 Å². The number of para-hydroxylation sites is 1. The molecule has 5 rings (SSSR count). The molecule has 1 fully saturated rings. The Morgan fingerprint density at radius 2 is 1.88 bits per heavy atom. The third-order valence-corrected chi connectivity index (χ3v) is 6.93. The highest BCUT2D eigenvalue weighted by molar-refractivity contribution is 6.00. The van der Waals surface area contributed by atoms with Crippen molar-refractivity contribution in [3.05, 3.63) is 66.2 Å². The zero-order chi connectivity index (χ0) is 22.2. The van der Waals surface area contributed by atoms with Crippen LogP contribution in [0.3, 0.4) is 0 Å². The largest absolute Gasteiger partial charge is 0.383 e. The molecule has 0 atom stereocenters. The van der Waals surface area contributed by atoms with Gasteiger partial charge < -0.3 is 10.3 Å². The van der Waals surface area contributed by atoms with E-state index in [1.54, 1.807) is 17.6 Å². The third-order valence-electron chi connectivity index (χ3n) is 6.93. The van der Waals surface area contributed by atoms with Crippen LogP contribution in [0.1, 0.15) is 67.9 Å².